The van der Waals surface area contributed by atoms with Crippen molar-refractivity contribution in [2.45, 2.75) is 0 Å². The van der Waals surface area contributed by atoms with Crippen molar-refractivity contribution in [2.24, 2.45) is 0 Å². The topological polar surface area (TPSA) is 65.6 Å². The van der Waals surface area contributed by atoms with Crippen LogP contribution in [0.2, 0.25) is 0 Å². The number of phenolic OH excluding ortho intramolecular Hbond substituents is 1. The third kappa shape index (κ3) is 3.73. The van der Waals surface area contributed by atoms with Crippen LogP contribution in [0.4, 0.5) is 11.5 Å². The van der Waals surface area contributed by atoms with Crippen molar-refractivity contribution in [3.63, 3.8) is 0 Å². The van der Waals surface area contributed by atoms with Crippen molar-refractivity contribution in [3.8, 4) is 28.0 Å². The molecule has 27 heavy (non-hydrogen) atoms. The number of nitrogens with zero attached hydrogens (tertiary/aromatic N) is 3. The molecule has 1 aliphatic rings. The van der Waals surface area contributed by atoms with Gasteiger partial charge in [-0.15, -0.1) is 0 Å². The number of nitrogens with two attached hydrogens (primary N) is 1. The second-order valence-electron chi connectivity index (χ2n) is 7.04. The summed E-state index contributed by atoms with van der Waals surface area (Å²) in [4.78, 5) is 9.15. The monoisotopic (exact) mass is 360 g/mol. The number of aromatic nitrogens is 1. The van der Waals surface area contributed by atoms with Gasteiger partial charge in [0.05, 0.1) is 0 Å². The molecule has 0 bridgehead atoms. The van der Waals surface area contributed by atoms with Crippen LogP contribution in [0.15, 0.2) is 60.8 Å². The highest BCUT2D eigenvalue weighted by Gasteiger charge is 2.14. The molecule has 0 radical (unpaired) electrons. The predicted molar refractivity (Wildman–Crippen MR) is 111 cm³/mol. The summed E-state index contributed by atoms with van der Waals surface area (Å²) < 4.78 is 0. The summed E-state index contributed by atoms with van der Waals surface area (Å²) in [5, 5.41) is 9.50. The zero-order valence-corrected chi connectivity index (χ0v) is 15.5. The van der Waals surface area contributed by atoms with E-state index in [2.05, 4.69) is 52.2 Å². The van der Waals surface area contributed by atoms with E-state index in [1.165, 1.54) is 5.69 Å². The minimum atomic E-state index is 0.237. The Morgan fingerprint density at radius 2 is 1.48 bits per heavy atom. The van der Waals surface area contributed by atoms with E-state index in [4.69, 9.17) is 5.73 Å². The first kappa shape index (κ1) is 17.4. The van der Waals surface area contributed by atoms with E-state index >= 15 is 0 Å². The number of pyridine rings is 1. The molecule has 138 valence electrons. The first-order chi connectivity index (χ1) is 13.1. The number of hydrogen-bond acceptors (Lipinski definition) is 5. The summed E-state index contributed by atoms with van der Waals surface area (Å²) in [6.45, 7) is 4.31. The molecule has 5 nitrogen and oxygen atoms in total. The molecule has 5 heteroatoms. The molecule has 0 saturated carbocycles. The molecule has 1 aliphatic heterocycles. The number of piperazine rings is 1. The van der Waals surface area contributed by atoms with Crippen molar-refractivity contribution < 1.29 is 5.11 Å². The highest BCUT2D eigenvalue weighted by atomic mass is 16.3. The third-order valence-corrected chi connectivity index (χ3v) is 5.17. The lowest BCUT2D eigenvalue weighted by molar-refractivity contribution is 0.313. The highest BCUT2D eigenvalue weighted by Crippen LogP contribution is 2.31. The van der Waals surface area contributed by atoms with Crippen LogP contribution in [0, 0.1) is 0 Å². The van der Waals surface area contributed by atoms with E-state index in [1.54, 1.807) is 12.1 Å². The SMILES string of the molecule is CN1CCN(c2ccc(-c3cnc(N)c(-c4ccc(O)cc4)c3)cc2)CC1. The minimum absolute atomic E-state index is 0.237. The van der Waals surface area contributed by atoms with Crippen molar-refractivity contribution in [1.82, 2.24) is 9.88 Å². The fraction of sp³-hybridized carbons (Fsp3) is 0.227. The van der Waals surface area contributed by atoms with E-state index in [9.17, 15) is 5.11 Å². The van der Waals surface area contributed by atoms with Gasteiger partial charge >= 0.3 is 0 Å². The fourth-order valence-electron chi connectivity index (χ4n) is 3.43. The van der Waals surface area contributed by atoms with E-state index in [0.29, 0.717) is 5.82 Å². The molecule has 4 rings (SSSR count). The molecule has 0 aliphatic carbocycles. The number of benzene rings is 2. The number of phenols is 1. The quantitative estimate of drug-likeness (QED) is 0.749. The lowest BCUT2D eigenvalue weighted by Crippen LogP contribution is -2.44. The maximum absolute atomic E-state index is 9.50. The standard InChI is InChI=1S/C22H24N4O/c1-25-10-12-26(13-11-25)19-6-2-16(3-7-19)18-14-21(22(23)24-15-18)17-4-8-20(27)9-5-17/h2-9,14-15,27H,10-13H2,1H3,(H2,23,24). The summed E-state index contributed by atoms with van der Waals surface area (Å²) >= 11 is 0. The Morgan fingerprint density at radius 3 is 2.15 bits per heavy atom. The first-order valence-electron chi connectivity index (χ1n) is 9.19. The molecule has 1 saturated heterocycles. The molecule has 2 aromatic carbocycles. The Kier molecular flexibility index (Phi) is 4.69. The number of nitrogen functional groups attached to an aromatic ring is 1. The van der Waals surface area contributed by atoms with Gasteiger partial charge in [-0.3, -0.25) is 0 Å². The van der Waals surface area contributed by atoms with Gasteiger partial charge in [-0.05, 0) is 48.5 Å². The van der Waals surface area contributed by atoms with Gasteiger partial charge in [0.2, 0.25) is 0 Å². The van der Waals surface area contributed by atoms with Crippen LogP contribution < -0.4 is 10.6 Å². The summed E-state index contributed by atoms with van der Waals surface area (Å²) in [6.07, 6.45) is 1.81. The Balaban J connectivity index is 1.60. The van der Waals surface area contributed by atoms with E-state index in [1.807, 2.05) is 18.3 Å². The zero-order chi connectivity index (χ0) is 18.8. The third-order valence-electron chi connectivity index (χ3n) is 5.17. The van der Waals surface area contributed by atoms with Gasteiger partial charge in [-0.1, -0.05) is 24.3 Å². The number of likely N-dealkylation sites (N-methyl/N-ethyl adjacent to an activating group) is 1. The van der Waals surface area contributed by atoms with Crippen LogP contribution in [0.25, 0.3) is 22.3 Å². The molecule has 2 heterocycles. The second kappa shape index (κ2) is 7.29. The molecular formula is C22H24N4O. The second-order valence-corrected chi connectivity index (χ2v) is 7.04. The number of hydrogen-bond donors (Lipinski definition) is 2. The molecular weight excluding hydrogens is 336 g/mol. The Labute approximate surface area is 159 Å². The van der Waals surface area contributed by atoms with Gasteiger partial charge in [-0.25, -0.2) is 4.98 Å². The van der Waals surface area contributed by atoms with Crippen LogP contribution in [-0.4, -0.2) is 48.2 Å². The van der Waals surface area contributed by atoms with E-state index in [0.717, 1.165) is 48.4 Å². The van der Waals surface area contributed by atoms with Gasteiger partial charge in [0.1, 0.15) is 11.6 Å². The van der Waals surface area contributed by atoms with Crippen molar-refractivity contribution >= 4 is 11.5 Å². The lowest BCUT2D eigenvalue weighted by Gasteiger charge is -2.34. The number of rotatable bonds is 3. The molecule has 0 atom stereocenters. The van der Waals surface area contributed by atoms with Gasteiger partial charge in [0, 0.05) is 49.2 Å². The van der Waals surface area contributed by atoms with Crippen LogP contribution in [0.1, 0.15) is 0 Å². The number of anilines is 2. The normalized spacial score (nSPS) is 15.1. The molecule has 0 unspecified atom stereocenters. The maximum atomic E-state index is 9.50. The lowest BCUT2D eigenvalue weighted by atomic mass is 10.0. The smallest absolute Gasteiger partial charge is 0.131 e. The summed E-state index contributed by atoms with van der Waals surface area (Å²) in [5.74, 6) is 0.722. The first-order valence-corrected chi connectivity index (χ1v) is 9.19. The van der Waals surface area contributed by atoms with E-state index in [-0.39, 0.29) is 5.75 Å². The van der Waals surface area contributed by atoms with Crippen LogP contribution in [-0.2, 0) is 0 Å². The van der Waals surface area contributed by atoms with Gasteiger partial charge in [-0.2, -0.15) is 0 Å². The summed E-state index contributed by atoms with van der Waals surface area (Å²) in [5.41, 5.74) is 11.3. The highest BCUT2D eigenvalue weighted by molar-refractivity contribution is 5.79. The average molecular weight is 360 g/mol. The number of aromatic hydroxyl groups is 1. The maximum Gasteiger partial charge on any atom is 0.131 e. The van der Waals surface area contributed by atoms with Crippen LogP contribution >= 0.6 is 0 Å². The Hall–Kier alpha value is -3.05. The van der Waals surface area contributed by atoms with Crippen molar-refractivity contribution in [1.29, 1.82) is 0 Å². The van der Waals surface area contributed by atoms with Gasteiger partial charge in [0.25, 0.3) is 0 Å². The van der Waals surface area contributed by atoms with Gasteiger partial charge < -0.3 is 20.6 Å². The minimum Gasteiger partial charge on any atom is -0.508 e. The largest absolute Gasteiger partial charge is 0.508 e. The molecule has 1 aromatic heterocycles. The Morgan fingerprint density at radius 1 is 0.852 bits per heavy atom. The summed E-state index contributed by atoms with van der Waals surface area (Å²) in [6, 6.07) is 17.7. The average Bonchev–Trinajstić information content (AvgIpc) is 2.70. The molecule has 1 fully saturated rings. The Bertz CT molecular complexity index is 914. The zero-order valence-electron chi connectivity index (χ0n) is 15.5. The van der Waals surface area contributed by atoms with Crippen molar-refractivity contribution in [2.75, 3.05) is 43.9 Å². The molecule has 3 aromatic rings. The van der Waals surface area contributed by atoms with Crippen LogP contribution in [0.3, 0.4) is 0 Å². The predicted octanol–water partition coefficient (Wildman–Crippen LogP) is 3.46. The molecule has 3 N–H and O–H groups in total. The van der Waals surface area contributed by atoms with E-state index < -0.39 is 0 Å². The summed E-state index contributed by atoms with van der Waals surface area (Å²) in [7, 11) is 2.17. The molecule has 0 amide bonds. The van der Waals surface area contributed by atoms with Crippen LogP contribution in [0.5, 0.6) is 5.75 Å². The fourth-order valence-corrected chi connectivity index (χ4v) is 3.43. The van der Waals surface area contributed by atoms with Gasteiger partial charge in [0.15, 0.2) is 0 Å². The van der Waals surface area contributed by atoms with Crippen molar-refractivity contribution in [3.05, 3.63) is 60.8 Å². The molecule has 0 spiro atoms.